The van der Waals surface area contributed by atoms with Crippen molar-refractivity contribution in [1.29, 1.82) is 0 Å². The summed E-state index contributed by atoms with van der Waals surface area (Å²) in [7, 11) is 0. The molecule has 2 fully saturated rings. The SMILES string of the molecule is Cc1ccccc1/C=C1\CC[C@](O)(c2cccc(Cl)c2)[C@H]2C(=O)CCCC[C@H]12. The predicted molar refractivity (Wildman–Crippen MR) is 114 cm³/mol. The lowest BCUT2D eigenvalue weighted by Crippen LogP contribution is -2.47. The molecule has 146 valence electrons. The minimum atomic E-state index is -1.14. The van der Waals surface area contributed by atoms with Crippen molar-refractivity contribution in [3.63, 3.8) is 0 Å². The van der Waals surface area contributed by atoms with Crippen LogP contribution in [0.4, 0.5) is 0 Å². The molecule has 4 rings (SSSR count). The normalized spacial score (nSPS) is 29.4. The highest BCUT2D eigenvalue weighted by Crippen LogP contribution is 2.51. The average molecular weight is 395 g/mol. The van der Waals surface area contributed by atoms with Crippen molar-refractivity contribution in [3.05, 3.63) is 75.8 Å². The Morgan fingerprint density at radius 1 is 1.11 bits per heavy atom. The van der Waals surface area contributed by atoms with Crippen molar-refractivity contribution < 1.29 is 9.90 Å². The lowest BCUT2D eigenvalue weighted by Gasteiger charge is -2.45. The molecule has 2 aromatic carbocycles. The first-order valence-electron chi connectivity index (χ1n) is 10.3. The third-order valence-electron chi connectivity index (χ3n) is 6.58. The number of allylic oxidation sites excluding steroid dienone is 1. The molecule has 2 saturated carbocycles. The summed E-state index contributed by atoms with van der Waals surface area (Å²) in [6, 6.07) is 15.8. The number of benzene rings is 2. The fourth-order valence-corrected chi connectivity index (χ4v) is 5.28. The van der Waals surface area contributed by atoms with Crippen LogP contribution in [0.3, 0.4) is 0 Å². The Morgan fingerprint density at radius 2 is 1.93 bits per heavy atom. The van der Waals surface area contributed by atoms with Crippen molar-refractivity contribution in [3.8, 4) is 0 Å². The number of carbonyl (C=O) groups excluding carboxylic acids is 1. The van der Waals surface area contributed by atoms with Crippen LogP contribution in [0.2, 0.25) is 5.02 Å². The van der Waals surface area contributed by atoms with Crippen LogP contribution < -0.4 is 0 Å². The molecule has 3 atom stereocenters. The zero-order valence-corrected chi connectivity index (χ0v) is 17.1. The van der Waals surface area contributed by atoms with Crippen LogP contribution in [-0.4, -0.2) is 10.9 Å². The van der Waals surface area contributed by atoms with Gasteiger partial charge in [-0.3, -0.25) is 4.79 Å². The summed E-state index contributed by atoms with van der Waals surface area (Å²) >= 11 is 6.22. The van der Waals surface area contributed by atoms with Gasteiger partial charge in [-0.15, -0.1) is 0 Å². The van der Waals surface area contributed by atoms with Crippen LogP contribution in [0.5, 0.6) is 0 Å². The summed E-state index contributed by atoms with van der Waals surface area (Å²) in [5.41, 5.74) is 3.39. The molecule has 2 aliphatic carbocycles. The van der Waals surface area contributed by atoms with E-state index in [2.05, 4.69) is 31.2 Å². The Morgan fingerprint density at radius 3 is 2.71 bits per heavy atom. The number of hydrogen-bond acceptors (Lipinski definition) is 2. The topological polar surface area (TPSA) is 37.3 Å². The van der Waals surface area contributed by atoms with Crippen LogP contribution in [0.15, 0.2) is 54.1 Å². The molecule has 28 heavy (non-hydrogen) atoms. The highest BCUT2D eigenvalue weighted by atomic mass is 35.5. The van der Waals surface area contributed by atoms with E-state index in [4.69, 9.17) is 11.6 Å². The summed E-state index contributed by atoms with van der Waals surface area (Å²) in [6.07, 6.45) is 7.07. The molecule has 0 saturated heterocycles. The summed E-state index contributed by atoms with van der Waals surface area (Å²) in [5.74, 6) is -0.106. The maximum absolute atomic E-state index is 13.2. The first-order chi connectivity index (χ1) is 13.5. The van der Waals surface area contributed by atoms with E-state index in [1.54, 1.807) is 0 Å². The van der Waals surface area contributed by atoms with Gasteiger partial charge in [-0.1, -0.05) is 66.1 Å². The van der Waals surface area contributed by atoms with Crippen LogP contribution in [0.25, 0.3) is 6.08 Å². The maximum atomic E-state index is 13.2. The molecule has 0 amide bonds. The third kappa shape index (κ3) is 3.56. The molecule has 1 N–H and O–H groups in total. The van der Waals surface area contributed by atoms with Crippen LogP contribution in [-0.2, 0) is 10.4 Å². The molecule has 0 unspecified atom stereocenters. The van der Waals surface area contributed by atoms with E-state index >= 15 is 0 Å². The number of aryl methyl sites for hydroxylation is 1. The van der Waals surface area contributed by atoms with Crippen LogP contribution in [0, 0.1) is 18.8 Å². The highest BCUT2D eigenvalue weighted by molar-refractivity contribution is 6.30. The first-order valence-corrected chi connectivity index (χ1v) is 10.6. The molecule has 2 nitrogen and oxygen atoms in total. The summed E-state index contributed by atoms with van der Waals surface area (Å²) in [4.78, 5) is 13.2. The number of halogens is 1. The van der Waals surface area contributed by atoms with Gasteiger partial charge in [0.2, 0.25) is 0 Å². The summed E-state index contributed by atoms with van der Waals surface area (Å²) < 4.78 is 0. The van der Waals surface area contributed by atoms with E-state index in [9.17, 15) is 9.90 Å². The molecule has 3 heteroatoms. The molecular weight excluding hydrogens is 368 g/mol. The summed E-state index contributed by atoms with van der Waals surface area (Å²) in [5, 5.41) is 12.4. The summed E-state index contributed by atoms with van der Waals surface area (Å²) in [6.45, 7) is 2.12. The number of Topliss-reactive ketones (excluding diaryl/α,β-unsaturated/α-hetero) is 1. The molecule has 0 aromatic heterocycles. The van der Waals surface area contributed by atoms with E-state index in [-0.39, 0.29) is 11.7 Å². The zero-order valence-electron chi connectivity index (χ0n) is 16.3. The Labute approximate surface area is 172 Å². The van der Waals surface area contributed by atoms with Crippen molar-refractivity contribution in [2.24, 2.45) is 11.8 Å². The van der Waals surface area contributed by atoms with Crippen molar-refractivity contribution in [2.75, 3.05) is 0 Å². The molecule has 0 heterocycles. The van der Waals surface area contributed by atoms with Gasteiger partial charge in [0.05, 0.1) is 5.92 Å². The van der Waals surface area contributed by atoms with Gasteiger partial charge in [-0.2, -0.15) is 0 Å². The molecule has 0 bridgehead atoms. The van der Waals surface area contributed by atoms with E-state index in [1.165, 1.54) is 16.7 Å². The lowest BCUT2D eigenvalue weighted by atomic mass is 9.62. The van der Waals surface area contributed by atoms with E-state index in [0.717, 1.165) is 31.2 Å². The predicted octanol–water partition coefficient (Wildman–Crippen LogP) is 6.09. The second kappa shape index (κ2) is 7.85. The number of rotatable bonds is 2. The van der Waals surface area contributed by atoms with Crippen LogP contribution >= 0.6 is 11.6 Å². The van der Waals surface area contributed by atoms with Crippen molar-refractivity contribution in [2.45, 2.75) is 51.0 Å². The molecule has 0 radical (unpaired) electrons. The lowest BCUT2D eigenvalue weighted by molar-refractivity contribution is -0.139. The molecule has 0 spiro atoms. The second-order valence-corrected chi connectivity index (χ2v) is 8.74. The Balaban J connectivity index is 1.79. The number of carbonyl (C=O) groups is 1. The molecular formula is C25H27ClO2. The number of ketones is 1. The zero-order chi connectivity index (χ0) is 19.7. The standard InChI is InChI=1S/C25H27ClO2/c1-17-7-2-3-8-18(17)15-19-13-14-25(28,20-9-6-10-21(26)16-20)24-22(19)11-4-5-12-23(24)27/h2-3,6-10,15-16,22,24,28H,4-5,11-14H2,1H3/b19-15+/t22-,24-,25+/m1/s1. The van der Waals surface area contributed by atoms with Gasteiger partial charge < -0.3 is 5.11 Å². The number of fused-ring (bicyclic) bond motifs is 1. The fourth-order valence-electron chi connectivity index (χ4n) is 5.09. The minimum absolute atomic E-state index is 0.0901. The molecule has 2 aliphatic rings. The minimum Gasteiger partial charge on any atom is -0.384 e. The van der Waals surface area contributed by atoms with E-state index < -0.39 is 11.5 Å². The first kappa shape index (κ1) is 19.4. The van der Waals surface area contributed by atoms with Gasteiger partial charge in [0.15, 0.2) is 0 Å². The van der Waals surface area contributed by atoms with Crippen LogP contribution in [0.1, 0.15) is 55.2 Å². The number of hydrogen-bond donors (Lipinski definition) is 1. The smallest absolute Gasteiger partial charge is 0.139 e. The largest absolute Gasteiger partial charge is 0.384 e. The maximum Gasteiger partial charge on any atom is 0.139 e. The van der Waals surface area contributed by atoms with E-state index in [0.29, 0.717) is 17.9 Å². The van der Waals surface area contributed by atoms with Gasteiger partial charge in [-0.05, 0) is 67.3 Å². The van der Waals surface area contributed by atoms with Gasteiger partial charge in [0.1, 0.15) is 11.4 Å². The quantitative estimate of drug-likeness (QED) is 0.669. The van der Waals surface area contributed by atoms with E-state index in [1.807, 2.05) is 30.3 Å². The van der Waals surface area contributed by atoms with Gasteiger partial charge in [0.25, 0.3) is 0 Å². The second-order valence-electron chi connectivity index (χ2n) is 8.31. The Hall–Kier alpha value is -1.90. The number of aliphatic hydroxyl groups is 1. The Kier molecular flexibility index (Phi) is 5.44. The van der Waals surface area contributed by atoms with Crippen molar-refractivity contribution >= 4 is 23.5 Å². The average Bonchev–Trinajstić information content (AvgIpc) is 2.88. The Bertz CT molecular complexity index is 916. The van der Waals surface area contributed by atoms with Crippen molar-refractivity contribution in [1.82, 2.24) is 0 Å². The van der Waals surface area contributed by atoms with Gasteiger partial charge >= 0.3 is 0 Å². The monoisotopic (exact) mass is 394 g/mol. The third-order valence-corrected chi connectivity index (χ3v) is 6.81. The molecule has 2 aromatic rings. The molecule has 0 aliphatic heterocycles. The van der Waals surface area contributed by atoms with Gasteiger partial charge in [0, 0.05) is 11.4 Å². The highest BCUT2D eigenvalue weighted by Gasteiger charge is 2.51. The van der Waals surface area contributed by atoms with Gasteiger partial charge in [-0.25, -0.2) is 0 Å². The fraction of sp³-hybridized carbons (Fsp3) is 0.400.